The minimum absolute atomic E-state index is 0.0474. The number of carbonyl (C=O) groups excluding carboxylic acids is 9. The highest BCUT2D eigenvalue weighted by Gasteiger charge is 2.42. The van der Waals surface area contributed by atoms with Crippen LogP contribution in [0.3, 0.4) is 0 Å². The van der Waals surface area contributed by atoms with Crippen LogP contribution in [0.25, 0.3) is 0 Å². The monoisotopic (exact) mass is 945 g/mol. The number of carbonyl (C=O) groups is 9. The van der Waals surface area contributed by atoms with Gasteiger partial charge in [0.15, 0.2) is 0 Å². The normalized spacial score (nSPS) is 18.1. The number of rotatable bonds is 31. The predicted molar refractivity (Wildman–Crippen MR) is 248 cm³/mol. The maximum absolute atomic E-state index is 13.7. The SMILES string of the molecule is CC(C)C[C@H](NC(=O)C(CCCc1ccccc1)CC(=O)NO)C(=O)N[C@@H](CC(C)C)C(=O)NCC(=O)NCC(=O)N[C@@H](CCCCNC(=O)CCCC[C@@H]1SC[C@@H]2NC(=O)N[C@@H]21)C(N)=O. The number of nitrogens with one attached hydrogen (secondary N) is 9. The summed E-state index contributed by atoms with van der Waals surface area (Å²) >= 11 is 1.84. The molecule has 0 saturated carbocycles. The quantitative estimate of drug-likeness (QED) is 0.0214. The predicted octanol–water partition coefficient (Wildman–Crippen LogP) is 0.798. The van der Waals surface area contributed by atoms with E-state index in [-0.39, 0.29) is 61.5 Å². The highest BCUT2D eigenvalue weighted by atomic mass is 32.2. The van der Waals surface area contributed by atoms with Crippen LogP contribution >= 0.6 is 11.8 Å². The van der Waals surface area contributed by atoms with E-state index in [1.165, 1.54) is 0 Å². The lowest BCUT2D eigenvalue weighted by Crippen LogP contribution is -2.56. The van der Waals surface area contributed by atoms with Crippen molar-refractivity contribution >= 4 is 65.1 Å². The molecule has 2 saturated heterocycles. The summed E-state index contributed by atoms with van der Waals surface area (Å²) in [5.41, 5.74) is 8.14. The van der Waals surface area contributed by atoms with E-state index in [0.29, 0.717) is 50.3 Å². The molecule has 0 radical (unpaired) electrons. The van der Waals surface area contributed by atoms with E-state index in [9.17, 15) is 43.2 Å². The Morgan fingerprint density at radius 3 is 2.05 bits per heavy atom. The van der Waals surface area contributed by atoms with Gasteiger partial charge in [0.2, 0.25) is 47.3 Å². The Kier molecular flexibility index (Phi) is 24.3. The van der Waals surface area contributed by atoms with Crippen molar-refractivity contribution in [1.82, 2.24) is 48.0 Å². The fourth-order valence-electron chi connectivity index (χ4n) is 7.89. The Labute approximate surface area is 391 Å². The minimum atomic E-state index is -1.08. The first kappa shape index (κ1) is 54.9. The van der Waals surface area contributed by atoms with Crippen molar-refractivity contribution in [3.05, 3.63) is 35.9 Å². The molecular weight excluding hydrogens is 873 g/mol. The number of thioether (sulfide) groups is 1. The molecule has 66 heavy (non-hydrogen) atoms. The zero-order valence-electron chi connectivity index (χ0n) is 38.7. The molecule has 1 aromatic rings. The van der Waals surface area contributed by atoms with Crippen molar-refractivity contribution < 1.29 is 48.4 Å². The first-order chi connectivity index (χ1) is 31.4. The van der Waals surface area contributed by atoms with E-state index in [4.69, 9.17) is 10.9 Å². The van der Waals surface area contributed by atoms with Gasteiger partial charge in [0, 0.05) is 36.3 Å². The summed E-state index contributed by atoms with van der Waals surface area (Å²) in [6.07, 6.45) is 5.81. The fourth-order valence-corrected chi connectivity index (χ4v) is 9.43. The summed E-state index contributed by atoms with van der Waals surface area (Å²) in [7, 11) is 0. The summed E-state index contributed by atoms with van der Waals surface area (Å²) < 4.78 is 0. The smallest absolute Gasteiger partial charge is 0.315 e. The molecule has 7 atom stereocenters. The van der Waals surface area contributed by atoms with Gasteiger partial charge in [-0.15, -0.1) is 0 Å². The molecule has 12 N–H and O–H groups in total. The second-order valence-electron chi connectivity index (χ2n) is 17.9. The van der Waals surface area contributed by atoms with Crippen molar-refractivity contribution in [2.24, 2.45) is 23.5 Å². The summed E-state index contributed by atoms with van der Waals surface area (Å²) in [5.74, 6) is -4.85. The Morgan fingerprint density at radius 1 is 0.712 bits per heavy atom. The van der Waals surface area contributed by atoms with E-state index < -0.39 is 78.5 Å². The van der Waals surface area contributed by atoms with Gasteiger partial charge in [-0.1, -0.05) is 64.4 Å². The third-order valence-corrected chi connectivity index (χ3v) is 12.8. The van der Waals surface area contributed by atoms with Crippen molar-refractivity contribution in [2.75, 3.05) is 25.4 Å². The maximum atomic E-state index is 13.7. The van der Waals surface area contributed by atoms with Gasteiger partial charge in [0.05, 0.1) is 25.2 Å². The van der Waals surface area contributed by atoms with Crippen LogP contribution in [-0.4, -0.2) is 119 Å². The number of urea groups is 1. The average molecular weight is 945 g/mol. The average Bonchev–Trinajstić information content (AvgIpc) is 3.83. The molecule has 0 spiro atoms. The number of nitrogens with two attached hydrogens (primary N) is 1. The summed E-state index contributed by atoms with van der Waals surface area (Å²) in [6.45, 7) is 6.79. The van der Waals surface area contributed by atoms with Gasteiger partial charge >= 0.3 is 6.03 Å². The second-order valence-corrected chi connectivity index (χ2v) is 19.2. The van der Waals surface area contributed by atoms with E-state index in [0.717, 1.165) is 30.6 Å². The molecule has 10 amide bonds. The Balaban J connectivity index is 1.39. The van der Waals surface area contributed by atoms with E-state index in [1.54, 1.807) is 5.48 Å². The second kappa shape index (κ2) is 29.3. The van der Waals surface area contributed by atoms with Gasteiger partial charge in [0.25, 0.3) is 0 Å². The van der Waals surface area contributed by atoms with Gasteiger partial charge in [-0.05, 0) is 81.6 Å². The standard InChI is InChI=1S/C45H72N10O10S/c1-27(2)21-32(52-44(63)33(22-28(3)4)51-42(61)30(23-37(57)55-65)16-12-15-29-13-6-5-7-14-29)43(62)49-24-38(58)48-25-39(59)50-31(41(46)60)17-10-11-20-47-36(56)19-9-8-18-35-40-34(26-66-35)53-45(64)54-40/h5-7,13-14,27-28,30-35,40,65H,8-12,15-26H2,1-4H3,(H2,46,60)(H,47,56)(H,48,58)(H,49,62)(H,50,59)(H,51,61)(H,52,63)(H,55,57)(H2,53,54,64)/t30?,31-,32-,33-,34-,35-,40-/m0/s1. The van der Waals surface area contributed by atoms with Crippen molar-refractivity contribution in [3.8, 4) is 0 Å². The van der Waals surface area contributed by atoms with Crippen LogP contribution in [0.2, 0.25) is 0 Å². The maximum Gasteiger partial charge on any atom is 0.315 e. The van der Waals surface area contributed by atoms with Gasteiger partial charge in [-0.25, -0.2) is 10.3 Å². The number of fused-ring (bicyclic) bond motifs is 1. The molecule has 20 nitrogen and oxygen atoms in total. The molecule has 0 aliphatic carbocycles. The molecule has 2 aliphatic rings. The first-order valence-electron chi connectivity index (χ1n) is 23.1. The number of amides is 10. The van der Waals surface area contributed by atoms with Crippen LogP contribution in [-0.2, 0) is 44.8 Å². The van der Waals surface area contributed by atoms with Crippen molar-refractivity contribution in [1.29, 1.82) is 0 Å². The summed E-state index contributed by atoms with van der Waals surface area (Å²) in [6, 6.07) is 6.68. The van der Waals surface area contributed by atoms with Crippen LogP contribution in [0.1, 0.15) is 110 Å². The fraction of sp³-hybridized carbons (Fsp3) is 0.667. The molecule has 1 aromatic carbocycles. The number of aryl methyl sites for hydroxylation is 1. The molecule has 1 unspecified atom stereocenters. The molecule has 3 rings (SSSR count). The molecule has 0 bridgehead atoms. The number of hydrogen-bond donors (Lipinski definition) is 11. The number of benzene rings is 1. The van der Waals surface area contributed by atoms with Crippen molar-refractivity contribution in [3.63, 3.8) is 0 Å². The van der Waals surface area contributed by atoms with Crippen LogP contribution in [0, 0.1) is 17.8 Å². The lowest BCUT2D eigenvalue weighted by atomic mass is 9.94. The summed E-state index contributed by atoms with van der Waals surface area (Å²) in [4.78, 5) is 114. The molecule has 2 fully saturated rings. The lowest BCUT2D eigenvalue weighted by Gasteiger charge is -2.26. The summed E-state index contributed by atoms with van der Waals surface area (Å²) in [5, 5.41) is 31.1. The van der Waals surface area contributed by atoms with Crippen LogP contribution < -0.4 is 53.7 Å². The third kappa shape index (κ3) is 20.8. The van der Waals surface area contributed by atoms with E-state index in [1.807, 2.05) is 69.8 Å². The largest absolute Gasteiger partial charge is 0.368 e. The van der Waals surface area contributed by atoms with Crippen molar-refractivity contribution in [2.45, 2.75) is 147 Å². The zero-order chi connectivity index (χ0) is 48.6. The van der Waals surface area contributed by atoms with Crippen LogP contribution in [0.5, 0.6) is 0 Å². The van der Waals surface area contributed by atoms with Gasteiger partial charge < -0.3 is 48.3 Å². The lowest BCUT2D eigenvalue weighted by molar-refractivity contribution is -0.137. The number of primary amides is 1. The Bertz CT molecular complexity index is 1790. The molecular formula is C45H72N10O10S. The zero-order valence-corrected chi connectivity index (χ0v) is 39.5. The topological polar surface area (TPSA) is 308 Å². The first-order valence-corrected chi connectivity index (χ1v) is 24.2. The van der Waals surface area contributed by atoms with Gasteiger partial charge in [0.1, 0.15) is 18.1 Å². The Morgan fingerprint density at radius 2 is 1.38 bits per heavy atom. The highest BCUT2D eigenvalue weighted by molar-refractivity contribution is 8.00. The number of hydroxylamine groups is 1. The molecule has 0 aromatic heterocycles. The van der Waals surface area contributed by atoms with Gasteiger partial charge in [-0.2, -0.15) is 11.8 Å². The van der Waals surface area contributed by atoms with E-state index in [2.05, 4.69) is 42.5 Å². The van der Waals surface area contributed by atoms with E-state index >= 15 is 0 Å². The third-order valence-electron chi connectivity index (χ3n) is 11.3. The van der Waals surface area contributed by atoms with Gasteiger partial charge in [-0.3, -0.25) is 43.6 Å². The van der Waals surface area contributed by atoms with Crippen LogP contribution in [0.15, 0.2) is 30.3 Å². The van der Waals surface area contributed by atoms with Crippen LogP contribution in [0.4, 0.5) is 4.79 Å². The molecule has 2 aliphatic heterocycles. The molecule has 368 valence electrons. The number of hydrogen-bond acceptors (Lipinski definition) is 11. The Hall–Kier alpha value is -5.44. The molecule has 21 heteroatoms. The number of unbranched alkanes of at least 4 members (excludes halogenated alkanes) is 2. The highest BCUT2D eigenvalue weighted by Crippen LogP contribution is 2.33. The minimum Gasteiger partial charge on any atom is -0.368 e. The molecule has 2 heterocycles.